The van der Waals surface area contributed by atoms with Crippen LogP contribution >= 0.6 is 10.6 Å². The summed E-state index contributed by atoms with van der Waals surface area (Å²) in [4.78, 5) is 0. The molecule has 0 heterocycles. The molecule has 0 radical (unpaired) electrons. The predicted molar refractivity (Wildman–Crippen MR) is 34.0 cm³/mol. The topological polar surface area (TPSA) is 40.5 Å². The van der Waals surface area contributed by atoms with Gasteiger partial charge in [-0.1, -0.05) is 0 Å². The molecule has 0 aromatic rings. The van der Waals surface area contributed by atoms with E-state index >= 15 is 0 Å². The number of hydrogen-bond acceptors (Lipinski definition) is 2. The van der Waals surface area contributed by atoms with Crippen molar-refractivity contribution in [1.29, 1.82) is 0 Å². The molecule has 2 N–H and O–H groups in total. The summed E-state index contributed by atoms with van der Waals surface area (Å²) in [7, 11) is -4.41. The zero-order valence-corrected chi connectivity index (χ0v) is 6.33. The molecule has 0 aromatic heterocycles. The number of halogens is 3. The van der Waals surface area contributed by atoms with Crippen LogP contribution in [0.3, 0.4) is 0 Å². The van der Waals surface area contributed by atoms with E-state index in [1.165, 1.54) is 0 Å². The second kappa shape index (κ2) is 2.60. The van der Waals surface area contributed by atoms with Crippen LogP contribution in [0.1, 0.15) is 13.8 Å². The van der Waals surface area contributed by atoms with Gasteiger partial charge in [0, 0.05) is 0 Å². The Morgan fingerprint density at radius 1 is 1.20 bits per heavy atom. The van der Waals surface area contributed by atoms with Crippen LogP contribution in [0.15, 0.2) is 0 Å². The van der Waals surface area contributed by atoms with Gasteiger partial charge in [-0.3, -0.25) is 9.11 Å². The number of alkyl halides is 3. The van der Waals surface area contributed by atoms with Gasteiger partial charge < -0.3 is 0 Å². The normalized spacial score (nSPS) is 16.0. The van der Waals surface area contributed by atoms with Crippen LogP contribution in [-0.2, 0) is 0 Å². The summed E-state index contributed by atoms with van der Waals surface area (Å²) in [5.41, 5.74) is -4.89. The van der Waals surface area contributed by atoms with E-state index in [1.807, 2.05) is 0 Å². The molecule has 0 aliphatic rings. The fourth-order valence-corrected chi connectivity index (χ4v) is 0.802. The summed E-state index contributed by atoms with van der Waals surface area (Å²) in [5.74, 6) is 0. The van der Waals surface area contributed by atoms with E-state index in [9.17, 15) is 13.2 Å². The van der Waals surface area contributed by atoms with E-state index in [-0.39, 0.29) is 0 Å². The quantitative estimate of drug-likeness (QED) is 0.648. The smallest absolute Gasteiger partial charge is 0.292 e. The predicted octanol–water partition coefficient (Wildman–Crippen LogP) is 2.67. The maximum absolute atomic E-state index is 11.6. The van der Waals surface area contributed by atoms with Crippen LogP contribution in [0.4, 0.5) is 13.2 Å². The highest BCUT2D eigenvalue weighted by Gasteiger charge is 2.47. The Morgan fingerprint density at radius 2 is 1.50 bits per heavy atom. The molecule has 0 aromatic carbocycles. The van der Waals surface area contributed by atoms with Gasteiger partial charge in [-0.15, -0.1) is 10.6 Å². The van der Waals surface area contributed by atoms with Crippen molar-refractivity contribution >= 4 is 10.6 Å². The van der Waals surface area contributed by atoms with Crippen LogP contribution < -0.4 is 0 Å². The summed E-state index contributed by atoms with van der Waals surface area (Å²) in [6.07, 6.45) is 0. The Labute approximate surface area is 58.4 Å². The Balaban J connectivity index is 4.40. The third-order valence-electron chi connectivity index (χ3n) is 0.998. The van der Waals surface area contributed by atoms with Crippen molar-refractivity contribution in [2.45, 2.75) is 24.6 Å². The lowest BCUT2D eigenvalue weighted by atomic mass is 10.6. The lowest BCUT2D eigenvalue weighted by Crippen LogP contribution is -2.26. The van der Waals surface area contributed by atoms with Gasteiger partial charge in [0.05, 0.1) is 5.25 Å². The highest BCUT2D eigenvalue weighted by atomic mass is 32.3. The molecule has 0 saturated carbocycles. The van der Waals surface area contributed by atoms with Gasteiger partial charge in [0.15, 0.2) is 0 Å². The SMILES string of the molecule is CC(C)S(O)(O)C(F)(F)F. The van der Waals surface area contributed by atoms with Gasteiger partial charge in [0.1, 0.15) is 0 Å². The van der Waals surface area contributed by atoms with E-state index in [0.717, 1.165) is 13.8 Å². The molecule has 10 heavy (non-hydrogen) atoms. The van der Waals surface area contributed by atoms with Gasteiger partial charge in [0.2, 0.25) is 0 Å². The van der Waals surface area contributed by atoms with Crippen LogP contribution in [0.25, 0.3) is 0 Å². The van der Waals surface area contributed by atoms with Crippen molar-refractivity contribution in [2.75, 3.05) is 0 Å². The molecular formula is C4H9F3O2S. The first kappa shape index (κ1) is 10.1. The minimum absolute atomic E-state index is 1.11. The van der Waals surface area contributed by atoms with Gasteiger partial charge in [-0.25, -0.2) is 0 Å². The Bertz CT molecular complexity index is 120. The third kappa shape index (κ3) is 1.77. The fraction of sp³-hybridized carbons (Fsp3) is 1.00. The minimum Gasteiger partial charge on any atom is -0.292 e. The van der Waals surface area contributed by atoms with Crippen molar-refractivity contribution in [2.24, 2.45) is 0 Å². The maximum Gasteiger partial charge on any atom is 0.496 e. The zero-order valence-electron chi connectivity index (χ0n) is 5.51. The first-order valence-electron chi connectivity index (χ1n) is 2.53. The maximum atomic E-state index is 11.6. The average Bonchev–Trinajstić information content (AvgIpc) is 1.62. The summed E-state index contributed by atoms with van der Waals surface area (Å²) in [6.45, 7) is 2.23. The molecule has 6 heteroatoms. The number of rotatable bonds is 1. The molecule has 0 amide bonds. The van der Waals surface area contributed by atoms with Crippen molar-refractivity contribution < 1.29 is 22.3 Å². The Kier molecular flexibility index (Phi) is 2.61. The molecule has 0 fully saturated rings. The molecular weight excluding hydrogens is 169 g/mol. The lowest BCUT2D eigenvalue weighted by Gasteiger charge is -2.37. The standard InChI is InChI=1S/C4H9F3O2S/c1-3(2)10(8,9)4(5,6)7/h3,8-9H,1-2H3. The van der Waals surface area contributed by atoms with Crippen molar-refractivity contribution in [3.63, 3.8) is 0 Å². The largest absolute Gasteiger partial charge is 0.496 e. The second-order valence-electron chi connectivity index (χ2n) is 2.09. The molecule has 0 atom stereocenters. The van der Waals surface area contributed by atoms with Crippen molar-refractivity contribution in [3.05, 3.63) is 0 Å². The van der Waals surface area contributed by atoms with Gasteiger partial charge in [-0.2, -0.15) is 13.2 Å². The van der Waals surface area contributed by atoms with E-state index < -0.39 is 21.3 Å². The molecule has 0 bridgehead atoms. The van der Waals surface area contributed by atoms with Crippen molar-refractivity contribution in [1.82, 2.24) is 0 Å². The molecule has 0 unspecified atom stereocenters. The summed E-state index contributed by atoms with van der Waals surface area (Å²) in [6, 6.07) is 0. The molecule has 0 aliphatic carbocycles. The highest BCUT2D eigenvalue weighted by Crippen LogP contribution is 2.58. The van der Waals surface area contributed by atoms with Crippen LogP contribution in [0.5, 0.6) is 0 Å². The third-order valence-corrected chi connectivity index (χ3v) is 2.99. The molecule has 0 aliphatic heterocycles. The molecule has 0 saturated heterocycles. The number of hydrogen-bond donors (Lipinski definition) is 2. The first-order valence-corrected chi connectivity index (χ1v) is 4.14. The van der Waals surface area contributed by atoms with Crippen molar-refractivity contribution in [3.8, 4) is 0 Å². The van der Waals surface area contributed by atoms with Gasteiger partial charge in [0.25, 0.3) is 0 Å². The Hall–Kier alpha value is 0.0600. The lowest BCUT2D eigenvalue weighted by molar-refractivity contribution is -0.0534. The highest BCUT2D eigenvalue weighted by molar-refractivity contribution is 8.25. The first-order chi connectivity index (χ1) is 4.19. The van der Waals surface area contributed by atoms with Crippen LogP contribution in [-0.4, -0.2) is 19.9 Å². The molecule has 64 valence electrons. The molecule has 0 spiro atoms. The zero-order chi connectivity index (χ0) is 8.58. The minimum atomic E-state index is -4.89. The summed E-state index contributed by atoms with van der Waals surface area (Å²) in [5, 5.41) is -1.17. The van der Waals surface area contributed by atoms with Crippen LogP contribution in [0, 0.1) is 0 Å². The summed E-state index contributed by atoms with van der Waals surface area (Å²) >= 11 is 0. The van der Waals surface area contributed by atoms with E-state index in [0.29, 0.717) is 0 Å². The molecule has 2 nitrogen and oxygen atoms in total. The van der Waals surface area contributed by atoms with Gasteiger partial charge in [-0.05, 0) is 13.8 Å². The van der Waals surface area contributed by atoms with E-state index in [4.69, 9.17) is 9.11 Å². The fourth-order valence-electron chi connectivity index (χ4n) is 0.267. The van der Waals surface area contributed by atoms with E-state index in [2.05, 4.69) is 0 Å². The van der Waals surface area contributed by atoms with Crippen LogP contribution in [0.2, 0.25) is 0 Å². The van der Waals surface area contributed by atoms with Gasteiger partial charge >= 0.3 is 5.51 Å². The second-order valence-corrected chi connectivity index (χ2v) is 4.68. The monoisotopic (exact) mass is 178 g/mol. The average molecular weight is 178 g/mol. The summed E-state index contributed by atoms with van der Waals surface area (Å²) < 4.78 is 51.7. The molecule has 0 rings (SSSR count). The Morgan fingerprint density at radius 3 is 1.50 bits per heavy atom. The van der Waals surface area contributed by atoms with E-state index in [1.54, 1.807) is 0 Å².